The quantitative estimate of drug-likeness (QED) is 0.558. The van der Waals surface area contributed by atoms with Crippen molar-refractivity contribution in [3.05, 3.63) is 72.2 Å². The van der Waals surface area contributed by atoms with Gasteiger partial charge >= 0.3 is 0 Å². The lowest BCUT2D eigenvalue weighted by Crippen LogP contribution is -2.43. The van der Waals surface area contributed by atoms with Gasteiger partial charge in [-0.25, -0.2) is 0 Å². The van der Waals surface area contributed by atoms with E-state index in [-0.39, 0.29) is 11.3 Å². The number of benzene rings is 1. The smallest absolute Gasteiger partial charge is 0.226 e. The zero-order valence-electron chi connectivity index (χ0n) is 21.6. The second-order valence-electron chi connectivity index (χ2n) is 10.3. The molecule has 1 N–H and O–H groups in total. The highest BCUT2D eigenvalue weighted by Gasteiger charge is 2.44. The minimum atomic E-state index is -0.170. The lowest BCUT2D eigenvalue weighted by molar-refractivity contribution is -0.129. The Kier molecular flexibility index (Phi) is 7.15. The Labute approximate surface area is 214 Å². The van der Waals surface area contributed by atoms with Crippen LogP contribution in [-0.4, -0.2) is 53.4 Å². The number of rotatable bonds is 6. The van der Waals surface area contributed by atoms with Crippen LogP contribution in [0.3, 0.4) is 0 Å². The number of hydrogen-bond donors (Lipinski definition) is 1. The van der Waals surface area contributed by atoms with Gasteiger partial charge in [0, 0.05) is 55.9 Å². The third-order valence-electron chi connectivity index (χ3n) is 8.37. The van der Waals surface area contributed by atoms with E-state index in [0.717, 1.165) is 87.2 Å². The average molecular weight is 487 g/mol. The molecule has 1 amide bonds. The van der Waals surface area contributed by atoms with Crippen molar-refractivity contribution in [2.45, 2.75) is 52.0 Å². The van der Waals surface area contributed by atoms with Crippen molar-refractivity contribution in [2.24, 2.45) is 5.41 Å². The maximum absolute atomic E-state index is 12.5. The van der Waals surface area contributed by atoms with Gasteiger partial charge in [-0.1, -0.05) is 43.0 Å². The number of carbonyl (C=O) groups is 1. The van der Waals surface area contributed by atoms with Crippen LogP contribution in [0.2, 0.25) is 0 Å². The number of nitrogens with zero attached hydrogens (tertiary/aromatic N) is 3. The van der Waals surface area contributed by atoms with Crippen LogP contribution in [0.5, 0.6) is 0 Å². The van der Waals surface area contributed by atoms with Gasteiger partial charge in [-0.15, -0.1) is 0 Å². The SMILES string of the molecule is C=C/C(=C(\C(C)=C/C)N1CCC2(CCNC2=O)CC1)c1ccc(-c2cnn(C3CCOCC3)c2)cc1. The summed E-state index contributed by atoms with van der Waals surface area (Å²) in [6, 6.07) is 9.17. The predicted octanol–water partition coefficient (Wildman–Crippen LogP) is 5.37. The molecule has 0 aliphatic carbocycles. The maximum Gasteiger partial charge on any atom is 0.226 e. The Hall–Kier alpha value is -3.12. The van der Waals surface area contributed by atoms with Gasteiger partial charge < -0.3 is 15.0 Å². The summed E-state index contributed by atoms with van der Waals surface area (Å²) in [5, 5.41) is 7.69. The summed E-state index contributed by atoms with van der Waals surface area (Å²) in [6.45, 7) is 12.6. The Bertz CT molecular complexity index is 1160. The van der Waals surface area contributed by atoms with E-state index in [1.165, 1.54) is 11.3 Å². The summed E-state index contributed by atoms with van der Waals surface area (Å²) in [6.07, 6.45) is 13.1. The highest BCUT2D eigenvalue weighted by molar-refractivity contribution is 5.85. The maximum atomic E-state index is 12.5. The lowest BCUT2D eigenvalue weighted by Gasteiger charge is -2.40. The number of carbonyl (C=O) groups excluding carboxylic acids is 1. The van der Waals surface area contributed by atoms with Crippen molar-refractivity contribution < 1.29 is 9.53 Å². The highest BCUT2D eigenvalue weighted by atomic mass is 16.5. The van der Waals surface area contributed by atoms with Crippen molar-refractivity contribution in [1.29, 1.82) is 0 Å². The zero-order chi connectivity index (χ0) is 25.1. The first kappa shape index (κ1) is 24.6. The summed E-state index contributed by atoms with van der Waals surface area (Å²) in [5.41, 5.74) is 6.88. The molecular formula is C30H38N4O2. The van der Waals surface area contributed by atoms with Gasteiger partial charge in [-0.3, -0.25) is 9.48 Å². The molecule has 190 valence electrons. The Morgan fingerprint density at radius 2 is 1.86 bits per heavy atom. The molecule has 36 heavy (non-hydrogen) atoms. The second kappa shape index (κ2) is 10.5. The summed E-state index contributed by atoms with van der Waals surface area (Å²) in [5.74, 6) is 0.245. The van der Waals surface area contributed by atoms with Gasteiger partial charge in [-0.05, 0) is 62.7 Å². The van der Waals surface area contributed by atoms with Crippen molar-refractivity contribution in [1.82, 2.24) is 20.0 Å². The van der Waals surface area contributed by atoms with Crippen LogP contribution in [0.1, 0.15) is 57.6 Å². The fourth-order valence-corrected chi connectivity index (χ4v) is 5.95. The minimum Gasteiger partial charge on any atom is -0.381 e. The molecule has 1 aromatic heterocycles. The normalized spacial score (nSPS) is 21.4. The van der Waals surface area contributed by atoms with E-state index in [1.54, 1.807) is 0 Å². The lowest BCUT2D eigenvalue weighted by atomic mass is 9.76. The number of ether oxygens (including phenoxy) is 1. The fraction of sp³-hybridized carbons (Fsp3) is 0.467. The first-order valence-corrected chi connectivity index (χ1v) is 13.3. The molecule has 3 aliphatic heterocycles. The van der Waals surface area contributed by atoms with E-state index in [4.69, 9.17) is 4.74 Å². The molecule has 0 saturated carbocycles. The molecule has 3 saturated heterocycles. The number of aromatic nitrogens is 2. The van der Waals surface area contributed by atoms with Crippen LogP contribution in [0.25, 0.3) is 16.7 Å². The molecule has 0 atom stereocenters. The summed E-state index contributed by atoms with van der Waals surface area (Å²) < 4.78 is 7.60. The van der Waals surface area contributed by atoms with E-state index >= 15 is 0 Å². The fourth-order valence-electron chi connectivity index (χ4n) is 5.95. The number of amides is 1. The molecule has 2 aromatic rings. The average Bonchev–Trinajstić information content (AvgIpc) is 3.56. The van der Waals surface area contributed by atoms with E-state index in [9.17, 15) is 4.79 Å². The molecule has 5 rings (SSSR count). The first-order valence-electron chi connectivity index (χ1n) is 13.3. The van der Waals surface area contributed by atoms with Gasteiger partial charge in [0.15, 0.2) is 0 Å². The van der Waals surface area contributed by atoms with Gasteiger partial charge in [0.25, 0.3) is 0 Å². The minimum absolute atomic E-state index is 0.170. The van der Waals surface area contributed by atoms with Gasteiger partial charge in [0.05, 0.1) is 17.7 Å². The van der Waals surface area contributed by atoms with E-state index < -0.39 is 0 Å². The monoisotopic (exact) mass is 486 g/mol. The molecule has 4 heterocycles. The second-order valence-corrected chi connectivity index (χ2v) is 10.3. The molecule has 3 fully saturated rings. The number of likely N-dealkylation sites (tertiary alicyclic amines) is 1. The van der Waals surface area contributed by atoms with Gasteiger partial charge in [0.1, 0.15) is 0 Å². The number of hydrogen-bond acceptors (Lipinski definition) is 4. The van der Waals surface area contributed by atoms with Crippen LogP contribution in [-0.2, 0) is 9.53 Å². The first-order chi connectivity index (χ1) is 17.5. The molecule has 0 unspecified atom stereocenters. The van der Waals surface area contributed by atoms with Crippen LogP contribution in [0.4, 0.5) is 0 Å². The molecule has 6 nitrogen and oxygen atoms in total. The van der Waals surface area contributed by atoms with Crippen LogP contribution in [0.15, 0.2) is 66.7 Å². The summed E-state index contributed by atoms with van der Waals surface area (Å²) >= 11 is 0. The van der Waals surface area contributed by atoms with Gasteiger partial charge in [0.2, 0.25) is 5.91 Å². The third kappa shape index (κ3) is 4.66. The summed E-state index contributed by atoms with van der Waals surface area (Å²) in [7, 11) is 0. The number of allylic oxidation sites excluding steroid dienone is 4. The number of piperidine rings is 1. The van der Waals surface area contributed by atoms with E-state index in [1.807, 2.05) is 12.3 Å². The van der Waals surface area contributed by atoms with Gasteiger partial charge in [-0.2, -0.15) is 5.10 Å². The van der Waals surface area contributed by atoms with E-state index in [2.05, 4.69) is 77.0 Å². The molecule has 0 bridgehead atoms. The Morgan fingerprint density at radius 1 is 1.14 bits per heavy atom. The molecule has 1 spiro atoms. The Morgan fingerprint density at radius 3 is 2.47 bits per heavy atom. The van der Waals surface area contributed by atoms with Crippen LogP contribution in [0, 0.1) is 5.41 Å². The largest absolute Gasteiger partial charge is 0.381 e. The summed E-state index contributed by atoms with van der Waals surface area (Å²) in [4.78, 5) is 14.9. The van der Waals surface area contributed by atoms with Crippen molar-refractivity contribution in [3.8, 4) is 11.1 Å². The van der Waals surface area contributed by atoms with Crippen LogP contribution < -0.4 is 5.32 Å². The molecular weight excluding hydrogens is 448 g/mol. The molecule has 6 heteroatoms. The predicted molar refractivity (Wildman–Crippen MR) is 144 cm³/mol. The molecule has 1 aromatic carbocycles. The number of nitrogens with one attached hydrogen (secondary N) is 1. The zero-order valence-corrected chi connectivity index (χ0v) is 21.6. The van der Waals surface area contributed by atoms with Crippen molar-refractivity contribution >= 4 is 11.5 Å². The van der Waals surface area contributed by atoms with E-state index in [0.29, 0.717) is 6.04 Å². The van der Waals surface area contributed by atoms with Crippen molar-refractivity contribution in [2.75, 3.05) is 32.8 Å². The molecule has 3 aliphatic rings. The Balaban J connectivity index is 1.39. The highest BCUT2D eigenvalue weighted by Crippen LogP contribution is 2.41. The standard InChI is InChI=1S/C30H38N4O2/c1-4-22(3)28(33-16-13-30(14-17-33)12-15-31-29(30)35)27(5-2)24-8-6-23(7-9-24)25-20-32-34(21-25)26-10-18-36-19-11-26/h4-9,20-21,26H,2,10-19H2,1,3H3,(H,31,35)/b22-4-,28-27-. The topological polar surface area (TPSA) is 59.4 Å². The van der Waals surface area contributed by atoms with Crippen molar-refractivity contribution in [3.63, 3.8) is 0 Å². The third-order valence-corrected chi connectivity index (χ3v) is 8.37. The van der Waals surface area contributed by atoms with Crippen LogP contribution >= 0.6 is 0 Å². The molecule has 0 radical (unpaired) electrons.